The van der Waals surface area contributed by atoms with Gasteiger partial charge in [0.1, 0.15) is 6.54 Å². The van der Waals surface area contributed by atoms with Crippen molar-refractivity contribution in [3.8, 4) is 0 Å². The van der Waals surface area contributed by atoms with Crippen LogP contribution in [0.4, 0.5) is 23.7 Å². The number of alkyl halides is 3. The lowest BCUT2D eigenvalue weighted by molar-refractivity contribution is -0.149. The number of benzene rings is 2. The molecule has 2 aromatic rings. The number of hydrogen-bond acceptors (Lipinski definition) is 1. The summed E-state index contributed by atoms with van der Waals surface area (Å²) in [6.45, 7) is 0.606. The highest BCUT2D eigenvalue weighted by molar-refractivity contribution is 14.1. The zero-order valence-electron chi connectivity index (χ0n) is 14.1. The van der Waals surface area contributed by atoms with Crippen LogP contribution in [0.25, 0.3) is 0 Å². The van der Waals surface area contributed by atoms with Crippen LogP contribution in [0.2, 0.25) is 0 Å². The van der Waals surface area contributed by atoms with Crippen LogP contribution in [0.5, 0.6) is 0 Å². The average Bonchev–Trinajstić information content (AvgIpc) is 2.58. The van der Waals surface area contributed by atoms with Crippen molar-refractivity contribution in [2.45, 2.75) is 31.5 Å². The molecule has 0 fully saturated rings. The normalized spacial score (nSPS) is 19.9. The van der Waals surface area contributed by atoms with Crippen LogP contribution in [0.15, 0.2) is 48.5 Å². The molecular weight excluding hydrogens is 456 g/mol. The number of anilines is 1. The third-order valence-electron chi connectivity index (χ3n) is 4.58. The Labute approximate surface area is 163 Å². The molecular formula is C19H18F3IN2O. The summed E-state index contributed by atoms with van der Waals surface area (Å²) in [7, 11) is 0. The molecule has 1 heterocycles. The smallest absolute Gasteiger partial charge is 0.307 e. The van der Waals surface area contributed by atoms with Crippen LogP contribution in [0.3, 0.4) is 0 Å². The van der Waals surface area contributed by atoms with Gasteiger partial charge in [-0.05, 0) is 52.8 Å². The number of rotatable bonds is 4. The lowest BCUT2D eigenvalue weighted by Crippen LogP contribution is -2.58. The molecule has 2 aromatic carbocycles. The van der Waals surface area contributed by atoms with Crippen LogP contribution in [-0.2, 0) is 5.54 Å². The molecule has 3 rings (SSSR count). The Morgan fingerprint density at radius 3 is 2.46 bits per heavy atom. The van der Waals surface area contributed by atoms with E-state index in [-0.39, 0.29) is 0 Å². The van der Waals surface area contributed by atoms with E-state index in [1.165, 1.54) is 0 Å². The first kappa shape index (κ1) is 19.0. The molecule has 0 saturated carbocycles. The second-order valence-corrected chi connectivity index (χ2v) is 7.54. The van der Waals surface area contributed by atoms with Gasteiger partial charge in [0.25, 0.3) is 0 Å². The van der Waals surface area contributed by atoms with Crippen LogP contribution in [-0.4, -0.2) is 23.7 Å². The van der Waals surface area contributed by atoms with Crippen molar-refractivity contribution < 1.29 is 18.0 Å². The second kappa shape index (κ2) is 7.09. The molecule has 1 atom stereocenters. The first-order valence-electron chi connectivity index (χ1n) is 8.29. The molecule has 2 amide bonds. The minimum Gasteiger partial charge on any atom is -0.307 e. The summed E-state index contributed by atoms with van der Waals surface area (Å²) in [5.74, 6) is 0. The Bertz CT molecular complexity index is 810. The molecule has 1 aliphatic heterocycles. The van der Waals surface area contributed by atoms with E-state index in [9.17, 15) is 18.0 Å². The van der Waals surface area contributed by atoms with Gasteiger partial charge in [-0.2, -0.15) is 13.2 Å². The molecule has 7 heteroatoms. The third kappa shape index (κ3) is 3.41. The maximum atomic E-state index is 13.3. The molecule has 0 spiro atoms. The van der Waals surface area contributed by atoms with Crippen molar-refractivity contribution in [1.82, 2.24) is 4.90 Å². The SMILES string of the molecule is CCCC1(c2ccccc2)c2cc(I)ccc2NC(=O)N1CC(F)(F)F. The molecule has 0 saturated heterocycles. The molecule has 1 unspecified atom stereocenters. The first-order chi connectivity index (χ1) is 12.3. The Kier molecular flexibility index (Phi) is 5.18. The summed E-state index contributed by atoms with van der Waals surface area (Å²) >= 11 is 2.14. The van der Waals surface area contributed by atoms with Crippen molar-refractivity contribution >= 4 is 34.3 Å². The average molecular weight is 474 g/mol. The number of nitrogens with one attached hydrogen (secondary N) is 1. The molecule has 138 valence electrons. The number of fused-ring (bicyclic) bond motifs is 1. The Hall–Kier alpha value is -1.77. The van der Waals surface area contributed by atoms with Gasteiger partial charge >= 0.3 is 12.2 Å². The number of urea groups is 1. The number of carbonyl (C=O) groups is 1. The number of amides is 2. The molecule has 1 N–H and O–H groups in total. The lowest BCUT2D eigenvalue weighted by atomic mass is 9.76. The number of carbonyl (C=O) groups excluding carboxylic acids is 1. The maximum absolute atomic E-state index is 13.3. The highest BCUT2D eigenvalue weighted by Crippen LogP contribution is 2.47. The van der Waals surface area contributed by atoms with E-state index in [1.54, 1.807) is 30.3 Å². The van der Waals surface area contributed by atoms with Crippen molar-refractivity contribution in [1.29, 1.82) is 0 Å². The van der Waals surface area contributed by atoms with Crippen molar-refractivity contribution in [2.75, 3.05) is 11.9 Å². The Morgan fingerprint density at radius 2 is 1.85 bits per heavy atom. The summed E-state index contributed by atoms with van der Waals surface area (Å²) in [4.78, 5) is 13.6. The van der Waals surface area contributed by atoms with E-state index in [0.29, 0.717) is 29.7 Å². The van der Waals surface area contributed by atoms with Crippen LogP contribution in [0, 0.1) is 3.57 Å². The van der Waals surface area contributed by atoms with Gasteiger partial charge in [0, 0.05) is 14.8 Å². The number of hydrogen-bond donors (Lipinski definition) is 1. The van der Waals surface area contributed by atoms with E-state index in [2.05, 4.69) is 27.9 Å². The summed E-state index contributed by atoms with van der Waals surface area (Å²) in [5.41, 5.74) is 0.779. The predicted octanol–water partition coefficient (Wildman–Crippen LogP) is 5.74. The standard InChI is InChI=1S/C19H18F3IN2O/c1-2-10-18(13-6-4-3-5-7-13)15-11-14(23)8-9-16(15)24-17(26)25(18)12-19(20,21)22/h3-9,11H,2,10,12H2,1H3,(H,24,26). The van der Waals surface area contributed by atoms with Gasteiger partial charge in [-0.25, -0.2) is 4.79 Å². The van der Waals surface area contributed by atoms with E-state index >= 15 is 0 Å². The van der Waals surface area contributed by atoms with Crippen LogP contribution < -0.4 is 5.32 Å². The molecule has 0 aliphatic carbocycles. The fourth-order valence-electron chi connectivity index (χ4n) is 3.66. The van der Waals surface area contributed by atoms with Crippen LogP contribution >= 0.6 is 22.6 Å². The summed E-state index contributed by atoms with van der Waals surface area (Å²) < 4.78 is 40.9. The largest absolute Gasteiger partial charge is 0.406 e. The van der Waals surface area contributed by atoms with Crippen molar-refractivity contribution in [3.63, 3.8) is 0 Å². The Balaban J connectivity index is 2.31. The van der Waals surface area contributed by atoms with Gasteiger partial charge in [0.2, 0.25) is 0 Å². The maximum Gasteiger partial charge on any atom is 0.406 e. The van der Waals surface area contributed by atoms with E-state index < -0.39 is 24.3 Å². The minimum atomic E-state index is -4.50. The highest BCUT2D eigenvalue weighted by Gasteiger charge is 2.50. The summed E-state index contributed by atoms with van der Waals surface area (Å²) in [5, 5.41) is 2.63. The molecule has 0 radical (unpaired) electrons. The van der Waals surface area contributed by atoms with E-state index in [4.69, 9.17) is 0 Å². The monoisotopic (exact) mass is 474 g/mol. The van der Waals surface area contributed by atoms with Gasteiger partial charge in [-0.3, -0.25) is 0 Å². The molecule has 1 aliphatic rings. The topological polar surface area (TPSA) is 32.3 Å². The van der Waals surface area contributed by atoms with Gasteiger partial charge < -0.3 is 10.2 Å². The lowest BCUT2D eigenvalue weighted by Gasteiger charge is -2.49. The fourth-order valence-corrected chi connectivity index (χ4v) is 4.15. The van der Waals surface area contributed by atoms with Gasteiger partial charge in [-0.15, -0.1) is 0 Å². The summed E-state index contributed by atoms with van der Waals surface area (Å²) in [6, 6.07) is 13.7. The highest BCUT2D eigenvalue weighted by atomic mass is 127. The van der Waals surface area contributed by atoms with E-state index in [1.807, 2.05) is 25.1 Å². The minimum absolute atomic E-state index is 0.396. The van der Waals surface area contributed by atoms with E-state index in [0.717, 1.165) is 8.47 Å². The summed E-state index contributed by atoms with van der Waals surface area (Å²) in [6.07, 6.45) is -3.47. The van der Waals surface area contributed by atoms with Gasteiger partial charge in [0.05, 0.1) is 5.54 Å². The van der Waals surface area contributed by atoms with Crippen molar-refractivity contribution in [2.24, 2.45) is 0 Å². The van der Waals surface area contributed by atoms with Gasteiger partial charge in [0.15, 0.2) is 0 Å². The molecule has 26 heavy (non-hydrogen) atoms. The molecule has 3 nitrogen and oxygen atoms in total. The zero-order valence-corrected chi connectivity index (χ0v) is 16.3. The first-order valence-corrected chi connectivity index (χ1v) is 9.37. The van der Waals surface area contributed by atoms with Crippen molar-refractivity contribution in [3.05, 3.63) is 63.2 Å². The number of halogens is 4. The second-order valence-electron chi connectivity index (χ2n) is 6.30. The predicted molar refractivity (Wildman–Crippen MR) is 103 cm³/mol. The van der Waals surface area contributed by atoms with Crippen LogP contribution in [0.1, 0.15) is 30.9 Å². The number of nitrogens with zero attached hydrogens (tertiary/aromatic N) is 1. The third-order valence-corrected chi connectivity index (χ3v) is 5.25. The fraction of sp³-hybridized carbons (Fsp3) is 0.316. The molecule has 0 bridgehead atoms. The Morgan fingerprint density at radius 1 is 1.15 bits per heavy atom. The molecule has 0 aromatic heterocycles. The quantitative estimate of drug-likeness (QED) is 0.563. The zero-order chi connectivity index (χ0) is 18.9. The van der Waals surface area contributed by atoms with Gasteiger partial charge in [-0.1, -0.05) is 43.7 Å².